The molecule has 0 aromatic heterocycles. The van der Waals surface area contributed by atoms with Crippen molar-refractivity contribution in [2.75, 3.05) is 19.9 Å². The number of nitrogens with one attached hydrogen (secondary N) is 2. The van der Waals surface area contributed by atoms with Crippen LogP contribution in [0.4, 0.5) is 0 Å². The Kier molecular flexibility index (Phi) is 9.51. The molecule has 7 heteroatoms. The minimum absolute atomic E-state index is 0.0845. The summed E-state index contributed by atoms with van der Waals surface area (Å²) in [6.45, 7) is 6.81. The molecule has 0 aliphatic carbocycles. The van der Waals surface area contributed by atoms with Crippen molar-refractivity contribution < 1.29 is 23.8 Å². The third-order valence-electron chi connectivity index (χ3n) is 6.60. The van der Waals surface area contributed by atoms with Crippen molar-refractivity contribution in [2.45, 2.75) is 56.9 Å². The van der Waals surface area contributed by atoms with Gasteiger partial charge in [0.2, 0.25) is 0 Å². The van der Waals surface area contributed by atoms with E-state index in [0.29, 0.717) is 13.1 Å². The smallest absolute Gasteiger partial charge is 0.309 e. The van der Waals surface area contributed by atoms with Gasteiger partial charge in [-0.1, -0.05) is 91.0 Å². The lowest BCUT2D eigenvalue weighted by molar-refractivity contribution is -0.167. The van der Waals surface area contributed by atoms with Gasteiger partial charge in [0.1, 0.15) is 0 Å². The molecule has 2 atom stereocenters. The summed E-state index contributed by atoms with van der Waals surface area (Å²) in [6.07, 6.45) is 0.313. The standard InChI is InChI=1S/C32H38N2O5/c1-31(2,3)38-23-37-29(35)19-27-21-33-22-28(34-27)20-30(36)39-32(24-13-7-4-8-14-24,25-15-9-5-10-16-25)26-17-11-6-12-18-26/h4-18,27-28,33-34H,19-23H2,1-3H3/t27-,28-/m0/s1. The average Bonchev–Trinajstić information content (AvgIpc) is 2.92. The molecule has 0 spiro atoms. The number of hydrogen-bond donors (Lipinski definition) is 2. The normalized spacial score (nSPS) is 17.8. The number of piperazine rings is 1. The molecule has 2 N–H and O–H groups in total. The molecule has 0 amide bonds. The molecule has 0 saturated carbocycles. The molecular weight excluding hydrogens is 492 g/mol. The molecule has 0 unspecified atom stereocenters. The predicted molar refractivity (Wildman–Crippen MR) is 150 cm³/mol. The van der Waals surface area contributed by atoms with E-state index in [1.165, 1.54) is 0 Å². The third kappa shape index (κ3) is 7.76. The van der Waals surface area contributed by atoms with Crippen molar-refractivity contribution in [1.29, 1.82) is 0 Å². The van der Waals surface area contributed by atoms with E-state index < -0.39 is 5.60 Å². The molecule has 3 aromatic carbocycles. The van der Waals surface area contributed by atoms with Crippen molar-refractivity contribution in [3.63, 3.8) is 0 Å². The van der Waals surface area contributed by atoms with Gasteiger partial charge in [-0.05, 0) is 20.8 Å². The number of hydrogen-bond acceptors (Lipinski definition) is 7. The first-order valence-corrected chi connectivity index (χ1v) is 13.4. The maximum atomic E-state index is 13.6. The molecule has 39 heavy (non-hydrogen) atoms. The van der Waals surface area contributed by atoms with E-state index >= 15 is 0 Å². The van der Waals surface area contributed by atoms with Crippen molar-refractivity contribution in [3.8, 4) is 0 Å². The number of rotatable bonds is 10. The molecule has 7 nitrogen and oxygen atoms in total. The zero-order valence-corrected chi connectivity index (χ0v) is 22.9. The van der Waals surface area contributed by atoms with Gasteiger partial charge in [0, 0.05) is 41.9 Å². The van der Waals surface area contributed by atoms with Crippen LogP contribution in [0.3, 0.4) is 0 Å². The Morgan fingerprint density at radius 1 is 0.718 bits per heavy atom. The van der Waals surface area contributed by atoms with Crippen LogP contribution in [0.2, 0.25) is 0 Å². The fraction of sp³-hybridized carbons (Fsp3) is 0.375. The summed E-state index contributed by atoms with van der Waals surface area (Å²) in [7, 11) is 0. The van der Waals surface area contributed by atoms with Crippen LogP contribution in [0.1, 0.15) is 50.3 Å². The fourth-order valence-electron chi connectivity index (χ4n) is 4.79. The van der Waals surface area contributed by atoms with E-state index in [0.717, 1.165) is 16.7 Å². The van der Waals surface area contributed by atoms with Gasteiger partial charge in [0.15, 0.2) is 12.4 Å². The maximum absolute atomic E-state index is 13.6. The van der Waals surface area contributed by atoms with Gasteiger partial charge in [-0.15, -0.1) is 0 Å². The van der Waals surface area contributed by atoms with Crippen LogP contribution in [-0.4, -0.2) is 49.5 Å². The molecule has 206 valence electrons. The van der Waals surface area contributed by atoms with E-state index in [1.54, 1.807) is 0 Å². The Morgan fingerprint density at radius 3 is 1.59 bits per heavy atom. The largest absolute Gasteiger partial charge is 0.444 e. The highest BCUT2D eigenvalue weighted by Gasteiger charge is 2.41. The first kappa shape index (κ1) is 28.5. The summed E-state index contributed by atoms with van der Waals surface area (Å²) in [5, 5.41) is 6.75. The van der Waals surface area contributed by atoms with Crippen LogP contribution in [0.25, 0.3) is 0 Å². The zero-order chi connectivity index (χ0) is 27.7. The highest BCUT2D eigenvalue weighted by atomic mass is 16.7. The number of carbonyl (C=O) groups is 2. The van der Waals surface area contributed by atoms with Gasteiger partial charge in [0.25, 0.3) is 0 Å². The van der Waals surface area contributed by atoms with Crippen molar-refractivity contribution >= 4 is 11.9 Å². The maximum Gasteiger partial charge on any atom is 0.309 e. The summed E-state index contributed by atoms with van der Waals surface area (Å²) in [5.41, 5.74) is 1.10. The molecular formula is C32H38N2O5. The Labute approximate surface area is 230 Å². The van der Waals surface area contributed by atoms with Crippen LogP contribution in [0.5, 0.6) is 0 Å². The molecule has 1 saturated heterocycles. The van der Waals surface area contributed by atoms with E-state index in [4.69, 9.17) is 14.2 Å². The Morgan fingerprint density at radius 2 is 1.15 bits per heavy atom. The van der Waals surface area contributed by atoms with Crippen LogP contribution >= 0.6 is 0 Å². The lowest BCUT2D eigenvalue weighted by Crippen LogP contribution is -2.56. The summed E-state index contributed by atoms with van der Waals surface area (Å²) in [6, 6.07) is 29.1. The van der Waals surface area contributed by atoms with Crippen LogP contribution in [0.15, 0.2) is 91.0 Å². The Balaban J connectivity index is 1.49. The van der Waals surface area contributed by atoms with Gasteiger partial charge < -0.3 is 24.8 Å². The van der Waals surface area contributed by atoms with E-state index in [2.05, 4.69) is 10.6 Å². The number of carbonyl (C=O) groups excluding carboxylic acids is 2. The molecule has 0 radical (unpaired) electrons. The molecule has 1 fully saturated rings. The van der Waals surface area contributed by atoms with Gasteiger partial charge >= 0.3 is 11.9 Å². The van der Waals surface area contributed by atoms with Gasteiger partial charge in [-0.2, -0.15) is 0 Å². The molecule has 1 aliphatic heterocycles. The van der Waals surface area contributed by atoms with E-state index in [9.17, 15) is 9.59 Å². The monoisotopic (exact) mass is 530 g/mol. The lowest BCUT2D eigenvalue weighted by atomic mass is 9.80. The highest BCUT2D eigenvalue weighted by molar-refractivity contribution is 5.73. The Bertz CT molecular complexity index is 1100. The minimum Gasteiger partial charge on any atom is -0.444 e. The summed E-state index contributed by atoms with van der Waals surface area (Å²) < 4.78 is 17.2. The lowest BCUT2D eigenvalue weighted by Gasteiger charge is -2.36. The fourth-order valence-corrected chi connectivity index (χ4v) is 4.79. The molecule has 1 heterocycles. The van der Waals surface area contributed by atoms with Crippen LogP contribution in [0, 0.1) is 0 Å². The number of benzene rings is 3. The van der Waals surface area contributed by atoms with Crippen molar-refractivity contribution in [1.82, 2.24) is 10.6 Å². The van der Waals surface area contributed by atoms with E-state index in [-0.39, 0.29) is 49.3 Å². The van der Waals surface area contributed by atoms with Gasteiger partial charge in [0.05, 0.1) is 18.4 Å². The summed E-state index contributed by atoms with van der Waals surface area (Å²) >= 11 is 0. The average molecular weight is 531 g/mol. The quantitative estimate of drug-likeness (QED) is 0.226. The highest BCUT2D eigenvalue weighted by Crippen LogP contribution is 2.40. The molecule has 1 aliphatic rings. The van der Waals surface area contributed by atoms with Crippen LogP contribution in [-0.2, 0) is 29.4 Å². The zero-order valence-electron chi connectivity index (χ0n) is 22.9. The third-order valence-corrected chi connectivity index (χ3v) is 6.60. The number of esters is 2. The van der Waals surface area contributed by atoms with Gasteiger partial charge in [-0.25, -0.2) is 0 Å². The number of ether oxygens (including phenoxy) is 3. The molecule has 0 bridgehead atoms. The Hall–Kier alpha value is -3.52. The second-order valence-corrected chi connectivity index (χ2v) is 10.8. The van der Waals surface area contributed by atoms with Gasteiger partial charge in [-0.3, -0.25) is 9.59 Å². The first-order valence-electron chi connectivity index (χ1n) is 13.4. The van der Waals surface area contributed by atoms with Crippen LogP contribution < -0.4 is 10.6 Å². The SMILES string of the molecule is CC(C)(C)OCOC(=O)C[C@H]1CNC[C@H](CC(=O)OC(c2ccccc2)(c2ccccc2)c2ccccc2)N1. The predicted octanol–water partition coefficient (Wildman–Crippen LogP) is 4.55. The minimum atomic E-state index is -1.11. The summed E-state index contributed by atoms with van der Waals surface area (Å²) in [4.78, 5) is 25.9. The van der Waals surface area contributed by atoms with Crippen molar-refractivity contribution in [2.24, 2.45) is 0 Å². The second kappa shape index (κ2) is 13.0. The topological polar surface area (TPSA) is 85.9 Å². The molecule has 3 aromatic rings. The summed E-state index contributed by atoms with van der Waals surface area (Å²) in [5.74, 6) is -0.689. The first-order chi connectivity index (χ1) is 18.8. The van der Waals surface area contributed by atoms with E-state index in [1.807, 2.05) is 112 Å². The second-order valence-electron chi connectivity index (χ2n) is 10.8. The molecule has 4 rings (SSSR count). The van der Waals surface area contributed by atoms with Crippen molar-refractivity contribution in [3.05, 3.63) is 108 Å².